The van der Waals surface area contributed by atoms with Gasteiger partial charge in [-0.05, 0) is 17.9 Å². The zero-order chi connectivity index (χ0) is 9.26. The molecule has 1 N–H and O–H groups in total. The number of carbonyl (C=O) groups is 1. The van der Waals surface area contributed by atoms with Gasteiger partial charge in [-0.25, -0.2) is 0 Å². The summed E-state index contributed by atoms with van der Waals surface area (Å²) in [6.07, 6.45) is 0.376. The summed E-state index contributed by atoms with van der Waals surface area (Å²) in [4.78, 5) is 14.1. The Bertz CT molecular complexity index is 297. The van der Waals surface area contributed by atoms with E-state index >= 15 is 0 Å². The number of rotatable bonds is 1. The summed E-state index contributed by atoms with van der Waals surface area (Å²) < 4.78 is 0. The van der Waals surface area contributed by atoms with Crippen molar-refractivity contribution in [2.45, 2.75) is 12.5 Å². The number of hydrogen-bond donors (Lipinski definition) is 1. The van der Waals surface area contributed by atoms with Crippen LogP contribution in [0.5, 0.6) is 0 Å². The number of likely N-dealkylation sites (tertiary alicyclic amines) is 1. The lowest BCUT2D eigenvalue weighted by Gasteiger charge is -2.13. The molecule has 1 aromatic heterocycles. The van der Waals surface area contributed by atoms with E-state index in [1.54, 1.807) is 4.90 Å². The number of thiophene rings is 1. The van der Waals surface area contributed by atoms with Gasteiger partial charge in [-0.3, -0.25) is 4.79 Å². The molecule has 70 valence electrons. The van der Waals surface area contributed by atoms with Crippen LogP contribution < -0.4 is 0 Å². The number of β-amino-alcohol motifs (C(OH)–C–C–N with tert-alkyl or cyclic N) is 1. The molecule has 1 saturated heterocycles. The third-order valence-corrected chi connectivity index (χ3v) is 3.04. The van der Waals surface area contributed by atoms with E-state index in [4.69, 9.17) is 0 Å². The average molecular weight is 197 g/mol. The Morgan fingerprint density at radius 2 is 2.54 bits per heavy atom. The molecule has 0 bridgehead atoms. The number of hydrogen-bond acceptors (Lipinski definition) is 3. The monoisotopic (exact) mass is 197 g/mol. The molecular formula is C9H11NO2S. The zero-order valence-electron chi connectivity index (χ0n) is 7.14. The molecule has 0 aliphatic carbocycles. The Kier molecular flexibility index (Phi) is 2.33. The summed E-state index contributed by atoms with van der Waals surface area (Å²) in [5.74, 6) is 0.0477. The Morgan fingerprint density at radius 3 is 3.08 bits per heavy atom. The van der Waals surface area contributed by atoms with Crippen LogP contribution in [0.4, 0.5) is 0 Å². The first-order valence-electron chi connectivity index (χ1n) is 4.28. The van der Waals surface area contributed by atoms with Crippen molar-refractivity contribution in [2.24, 2.45) is 0 Å². The van der Waals surface area contributed by atoms with E-state index in [1.807, 2.05) is 17.5 Å². The molecule has 1 aromatic rings. The molecule has 1 unspecified atom stereocenters. The van der Waals surface area contributed by atoms with E-state index in [-0.39, 0.29) is 12.0 Å². The van der Waals surface area contributed by atoms with Crippen LogP contribution in [-0.2, 0) is 0 Å². The van der Waals surface area contributed by atoms with Crippen LogP contribution in [0.25, 0.3) is 0 Å². The molecule has 1 aliphatic rings. The topological polar surface area (TPSA) is 40.5 Å². The number of nitrogens with zero attached hydrogens (tertiary/aromatic N) is 1. The summed E-state index contributed by atoms with van der Waals surface area (Å²) in [6, 6.07) is 3.68. The van der Waals surface area contributed by atoms with Gasteiger partial charge < -0.3 is 10.0 Å². The fourth-order valence-corrected chi connectivity index (χ4v) is 2.17. The van der Waals surface area contributed by atoms with Crippen molar-refractivity contribution >= 4 is 17.2 Å². The highest BCUT2D eigenvalue weighted by Gasteiger charge is 2.25. The molecule has 3 nitrogen and oxygen atoms in total. The normalized spacial score (nSPS) is 22.2. The first kappa shape index (κ1) is 8.72. The van der Waals surface area contributed by atoms with Gasteiger partial charge in [0.1, 0.15) is 0 Å². The molecule has 1 atom stereocenters. The molecule has 0 radical (unpaired) electrons. The highest BCUT2D eigenvalue weighted by molar-refractivity contribution is 7.12. The maximum absolute atomic E-state index is 11.7. The van der Waals surface area contributed by atoms with Crippen LogP contribution >= 0.6 is 11.3 Å². The van der Waals surface area contributed by atoms with Gasteiger partial charge >= 0.3 is 0 Å². The van der Waals surface area contributed by atoms with E-state index in [2.05, 4.69) is 0 Å². The fraction of sp³-hybridized carbons (Fsp3) is 0.444. The van der Waals surface area contributed by atoms with Crippen LogP contribution in [0, 0.1) is 0 Å². The molecule has 1 aliphatic heterocycles. The lowest BCUT2D eigenvalue weighted by atomic mass is 10.3. The number of aliphatic hydroxyl groups is 1. The molecule has 0 spiro atoms. The summed E-state index contributed by atoms with van der Waals surface area (Å²) in [5.41, 5.74) is 0. The van der Waals surface area contributed by atoms with Crippen molar-refractivity contribution in [2.75, 3.05) is 13.1 Å². The Morgan fingerprint density at radius 1 is 1.69 bits per heavy atom. The van der Waals surface area contributed by atoms with Crippen molar-refractivity contribution in [1.82, 2.24) is 4.90 Å². The molecule has 2 rings (SSSR count). The minimum absolute atomic E-state index is 0.0477. The third-order valence-electron chi connectivity index (χ3n) is 2.18. The van der Waals surface area contributed by atoms with Gasteiger partial charge in [0.15, 0.2) is 0 Å². The van der Waals surface area contributed by atoms with Crippen LogP contribution in [0.3, 0.4) is 0 Å². The first-order chi connectivity index (χ1) is 6.27. The molecule has 13 heavy (non-hydrogen) atoms. The van der Waals surface area contributed by atoms with Gasteiger partial charge in [0.25, 0.3) is 5.91 Å². The second-order valence-corrected chi connectivity index (χ2v) is 4.12. The number of carbonyl (C=O) groups excluding carboxylic acids is 1. The highest BCUT2D eigenvalue weighted by atomic mass is 32.1. The van der Waals surface area contributed by atoms with E-state index in [0.717, 1.165) is 4.88 Å². The Hall–Kier alpha value is -0.870. The predicted octanol–water partition coefficient (Wildman–Crippen LogP) is 0.955. The fourth-order valence-electron chi connectivity index (χ4n) is 1.48. The second kappa shape index (κ2) is 3.47. The summed E-state index contributed by atoms with van der Waals surface area (Å²) in [7, 11) is 0. The van der Waals surface area contributed by atoms with E-state index in [9.17, 15) is 9.90 Å². The minimum atomic E-state index is -0.330. The SMILES string of the molecule is O=C(c1cccs1)N1CCC(O)C1. The maximum Gasteiger partial charge on any atom is 0.264 e. The van der Waals surface area contributed by atoms with Gasteiger partial charge in [0, 0.05) is 13.1 Å². The van der Waals surface area contributed by atoms with Gasteiger partial charge in [-0.2, -0.15) is 0 Å². The summed E-state index contributed by atoms with van der Waals surface area (Å²) >= 11 is 1.45. The highest BCUT2D eigenvalue weighted by Crippen LogP contribution is 2.16. The van der Waals surface area contributed by atoms with Crippen molar-refractivity contribution in [3.8, 4) is 0 Å². The Labute approximate surface area is 80.6 Å². The smallest absolute Gasteiger partial charge is 0.264 e. The quantitative estimate of drug-likeness (QED) is 0.728. The van der Waals surface area contributed by atoms with Crippen LogP contribution in [0.1, 0.15) is 16.1 Å². The molecule has 1 amide bonds. The van der Waals surface area contributed by atoms with Crippen molar-refractivity contribution < 1.29 is 9.90 Å². The number of aliphatic hydroxyl groups excluding tert-OH is 1. The van der Waals surface area contributed by atoms with Gasteiger partial charge in [0.2, 0.25) is 0 Å². The Balaban J connectivity index is 2.06. The van der Waals surface area contributed by atoms with E-state index in [1.165, 1.54) is 11.3 Å². The lowest BCUT2D eigenvalue weighted by Crippen LogP contribution is -2.28. The summed E-state index contributed by atoms with van der Waals surface area (Å²) in [5, 5.41) is 11.1. The average Bonchev–Trinajstić information content (AvgIpc) is 2.72. The second-order valence-electron chi connectivity index (χ2n) is 3.17. The van der Waals surface area contributed by atoms with Crippen LogP contribution in [-0.4, -0.2) is 35.1 Å². The maximum atomic E-state index is 11.7. The predicted molar refractivity (Wildman–Crippen MR) is 50.8 cm³/mol. The van der Waals surface area contributed by atoms with Crippen molar-refractivity contribution in [1.29, 1.82) is 0 Å². The van der Waals surface area contributed by atoms with Crippen molar-refractivity contribution in [3.05, 3.63) is 22.4 Å². The zero-order valence-corrected chi connectivity index (χ0v) is 7.96. The molecule has 1 fully saturated rings. The van der Waals surface area contributed by atoms with E-state index < -0.39 is 0 Å². The minimum Gasteiger partial charge on any atom is -0.391 e. The standard InChI is InChI=1S/C9H11NO2S/c11-7-3-4-10(6-7)9(12)8-2-1-5-13-8/h1-2,5,7,11H,3-4,6H2. The third kappa shape index (κ3) is 1.73. The number of amides is 1. The summed E-state index contributed by atoms with van der Waals surface area (Å²) in [6.45, 7) is 1.16. The van der Waals surface area contributed by atoms with Gasteiger partial charge in [-0.1, -0.05) is 6.07 Å². The van der Waals surface area contributed by atoms with Gasteiger partial charge in [-0.15, -0.1) is 11.3 Å². The molecule has 2 heterocycles. The van der Waals surface area contributed by atoms with E-state index in [0.29, 0.717) is 19.5 Å². The first-order valence-corrected chi connectivity index (χ1v) is 5.16. The molecular weight excluding hydrogens is 186 g/mol. The van der Waals surface area contributed by atoms with Crippen molar-refractivity contribution in [3.63, 3.8) is 0 Å². The lowest BCUT2D eigenvalue weighted by molar-refractivity contribution is 0.0769. The molecule has 0 saturated carbocycles. The molecule has 4 heteroatoms. The van der Waals surface area contributed by atoms with Gasteiger partial charge in [0.05, 0.1) is 11.0 Å². The molecule has 0 aromatic carbocycles. The van der Waals surface area contributed by atoms with Crippen LogP contribution in [0.15, 0.2) is 17.5 Å². The van der Waals surface area contributed by atoms with Crippen LogP contribution in [0.2, 0.25) is 0 Å². The largest absolute Gasteiger partial charge is 0.391 e.